The lowest BCUT2D eigenvalue weighted by molar-refractivity contribution is 0.0244. The molecule has 0 radical (unpaired) electrons. The Morgan fingerprint density at radius 3 is 2.10 bits per heavy atom. The normalized spacial score (nSPS) is 12.4. The highest BCUT2D eigenvalue weighted by atomic mass is 35.5. The van der Waals surface area contributed by atoms with Crippen molar-refractivity contribution in [3.8, 4) is 11.4 Å². The van der Waals surface area contributed by atoms with Gasteiger partial charge in [-0.2, -0.15) is 4.68 Å². The zero-order chi connectivity index (χ0) is 36.7. The van der Waals surface area contributed by atoms with Crippen LogP contribution in [0.25, 0.3) is 16.5 Å². The largest absolute Gasteiger partial charge is 0.506 e. The Balaban J connectivity index is 1.51. The van der Waals surface area contributed by atoms with Crippen molar-refractivity contribution >= 4 is 51.7 Å². The molecule has 4 aromatic carbocycles. The number of esters is 1. The van der Waals surface area contributed by atoms with E-state index in [0.717, 1.165) is 36.7 Å². The monoisotopic (exact) mass is 741 g/mol. The Morgan fingerprint density at radius 1 is 0.808 bits per heavy atom. The van der Waals surface area contributed by atoms with Crippen LogP contribution in [0.5, 0.6) is 5.75 Å². The highest BCUT2D eigenvalue weighted by Crippen LogP contribution is 2.44. The molecule has 52 heavy (non-hydrogen) atoms. The SMILES string of the molecule is CCCCCCCCCCCC(CCC(C)Cl)OC(=O)c1c(C(=O)Nc2ccccc2)c(O)c2ccccc2c1Sc1nnnn1-c1ccccc1. The lowest BCUT2D eigenvalue weighted by Gasteiger charge is -2.22. The van der Waals surface area contributed by atoms with Crippen LogP contribution in [0.1, 0.15) is 112 Å². The number of amides is 1. The van der Waals surface area contributed by atoms with Gasteiger partial charge in [0.05, 0.1) is 16.8 Å². The molecule has 0 aliphatic rings. The average Bonchev–Trinajstić information content (AvgIpc) is 3.63. The molecular formula is C41H48ClN5O4S. The molecule has 0 bridgehead atoms. The van der Waals surface area contributed by atoms with E-state index in [0.29, 0.717) is 45.8 Å². The third-order valence-electron chi connectivity index (χ3n) is 9.03. The molecule has 0 spiro atoms. The van der Waals surface area contributed by atoms with Crippen molar-refractivity contribution in [3.63, 3.8) is 0 Å². The lowest BCUT2D eigenvalue weighted by Crippen LogP contribution is -2.24. The average molecular weight is 742 g/mol. The second kappa shape index (κ2) is 20.0. The molecule has 2 N–H and O–H groups in total. The fourth-order valence-electron chi connectivity index (χ4n) is 6.26. The quantitative estimate of drug-likeness (QED) is 0.0460. The number of tetrazole rings is 1. The molecule has 2 atom stereocenters. The zero-order valence-corrected chi connectivity index (χ0v) is 31.5. The molecule has 274 valence electrons. The van der Waals surface area contributed by atoms with E-state index in [1.165, 1.54) is 38.5 Å². The molecule has 1 aromatic heterocycles. The first-order valence-corrected chi connectivity index (χ1v) is 19.6. The number of halogens is 1. The topological polar surface area (TPSA) is 119 Å². The van der Waals surface area contributed by atoms with Gasteiger partial charge in [-0.05, 0) is 79.1 Å². The van der Waals surface area contributed by atoms with Crippen LogP contribution in [0, 0.1) is 0 Å². The number of carbonyl (C=O) groups excluding carboxylic acids is 2. The van der Waals surface area contributed by atoms with Crippen molar-refractivity contribution in [1.82, 2.24) is 20.2 Å². The third-order valence-corrected chi connectivity index (χ3v) is 10.3. The first kappa shape index (κ1) is 38.8. The molecule has 2 unspecified atom stereocenters. The molecule has 0 fully saturated rings. The van der Waals surface area contributed by atoms with E-state index in [2.05, 4.69) is 27.8 Å². The molecule has 9 nitrogen and oxygen atoms in total. The van der Waals surface area contributed by atoms with E-state index >= 15 is 0 Å². The molecular weight excluding hydrogens is 694 g/mol. The number of nitrogens with zero attached hydrogens (tertiary/aromatic N) is 4. The van der Waals surface area contributed by atoms with Crippen molar-refractivity contribution in [3.05, 3.63) is 96.1 Å². The van der Waals surface area contributed by atoms with Crippen LogP contribution < -0.4 is 5.32 Å². The number of hydrogen-bond donors (Lipinski definition) is 2. The van der Waals surface area contributed by atoms with E-state index in [4.69, 9.17) is 16.3 Å². The third kappa shape index (κ3) is 10.6. The van der Waals surface area contributed by atoms with Gasteiger partial charge in [-0.25, -0.2) is 4.79 Å². The Bertz CT molecular complexity index is 1890. The number of phenols is 1. The van der Waals surface area contributed by atoms with Crippen LogP contribution in [0.3, 0.4) is 0 Å². The van der Waals surface area contributed by atoms with E-state index in [-0.39, 0.29) is 22.3 Å². The summed E-state index contributed by atoms with van der Waals surface area (Å²) in [6.45, 7) is 4.16. The van der Waals surface area contributed by atoms with Gasteiger partial charge in [0, 0.05) is 26.7 Å². The number of alkyl halides is 1. The number of phenolic OH excluding ortho intramolecular Hbond substituents is 1. The van der Waals surface area contributed by atoms with Gasteiger partial charge < -0.3 is 15.2 Å². The highest BCUT2D eigenvalue weighted by Gasteiger charge is 2.32. The number of aromatic hydroxyl groups is 1. The first-order chi connectivity index (χ1) is 25.4. The minimum Gasteiger partial charge on any atom is -0.506 e. The van der Waals surface area contributed by atoms with Crippen LogP contribution in [-0.4, -0.2) is 48.7 Å². The number of hydrogen-bond acceptors (Lipinski definition) is 8. The highest BCUT2D eigenvalue weighted by molar-refractivity contribution is 7.99. The van der Waals surface area contributed by atoms with Gasteiger partial charge in [-0.15, -0.1) is 16.7 Å². The number of nitrogens with one attached hydrogen (secondary N) is 1. The standard InChI is InChI=1S/C41H48ClN5O4S/c1-3-4-5-6-7-8-9-10-17-24-32(28-27-29(2)42)51-40(50)36-35(39(49)43-30-20-13-11-14-21-30)37(48)33-25-18-19-26-34(33)38(36)52-41-44-45-46-47(41)31-22-15-12-16-23-31/h11-16,18-23,25-26,29,32,48H,3-10,17,24,27-28H2,1-2H3,(H,43,49). The van der Waals surface area contributed by atoms with Crippen LogP contribution in [0.2, 0.25) is 0 Å². The maximum atomic E-state index is 14.6. The summed E-state index contributed by atoms with van der Waals surface area (Å²) >= 11 is 7.52. The summed E-state index contributed by atoms with van der Waals surface area (Å²) in [6, 6.07) is 25.4. The Morgan fingerprint density at radius 2 is 1.42 bits per heavy atom. The number of fused-ring (bicyclic) bond motifs is 1. The summed E-state index contributed by atoms with van der Waals surface area (Å²) in [6.07, 6.45) is 12.1. The molecule has 0 aliphatic heterocycles. The summed E-state index contributed by atoms with van der Waals surface area (Å²) in [5.74, 6) is -1.66. The minimum atomic E-state index is -0.705. The zero-order valence-electron chi connectivity index (χ0n) is 30.0. The van der Waals surface area contributed by atoms with Gasteiger partial charge in [-0.1, -0.05) is 119 Å². The van der Waals surface area contributed by atoms with Crippen LogP contribution in [0.15, 0.2) is 95.0 Å². The Hall–Kier alpha value is -4.41. The number of aromatic nitrogens is 4. The first-order valence-electron chi connectivity index (χ1n) is 18.4. The molecule has 1 amide bonds. The minimum absolute atomic E-state index is 0.0479. The number of anilines is 1. The summed E-state index contributed by atoms with van der Waals surface area (Å²) < 4.78 is 7.89. The number of benzene rings is 4. The van der Waals surface area contributed by atoms with Crippen LogP contribution in [-0.2, 0) is 4.74 Å². The van der Waals surface area contributed by atoms with Crippen molar-refractivity contribution in [2.45, 2.75) is 112 Å². The second-order valence-electron chi connectivity index (χ2n) is 13.1. The Labute approximate surface area is 315 Å². The molecule has 5 aromatic rings. The summed E-state index contributed by atoms with van der Waals surface area (Å²) in [5, 5.41) is 28.3. The predicted octanol–water partition coefficient (Wildman–Crippen LogP) is 10.8. The molecule has 11 heteroatoms. The van der Waals surface area contributed by atoms with Gasteiger partial charge in [0.2, 0.25) is 5.16 Å². The van der Waals surface area contributed by atoms with E-state index < -0.39 is 18.0 Å². The predicted molar refractivity (Wildman–Crippen MR) is 209 cm³/mol. The molecule has 0 aliphatic carbocycles. The second-order valence-corrected chi connectivity index (χ2v) is 14.8. The molecule has 5 rings (SSSR count). The molecule has 0 saturated carbocycles. The number of rotatable bonds is 20. The summed E-state index contributed by atoms with van der Waals surface area (Å²) in [7, 11) is 0. The molecule has 0 saturated heterocycles. The fourth-order valence-corrected chi connectivity index (χ4v) is 7.45. The van der Waals surface area contributed by atoms with Gasteiger partial charge in [-0.3, -0.25) is 4.79 Å². The van der Waals surface area contributed by atoms with Crippen molar-refractivity contribution in [2.24, 2.45) is 0 Å². The van der Waals surface area contributed by atoms with Gasteiger partial charge in [0.15, 0.2) is 0 Å². The summed E-state index contributed by atoms with van der Waals surface area (Å²) in [5.41, 5.74) is 1.01. The number of carbonyl (C=O) groups is 2. The van der Waals surface area contributed by atoms with E-state index in [9.17, 15) is 14.7 Å². The van der Waals surface area contributed by atoms with Crippen molar-refractivity contribution < 1.29 is 19.4 Å². The lowest BCUT2D eigenvalue weighted by atomic mass is 9.97. The van der Waals surface area contributed by atoms with Crippen molar-refractivity contribution in [1.29, 1.82) is 0 Å². The summed E-state index contributed by atoms with van der Waals surface area (Å²) in [4.78, 5) is 29.2. The van der Waals surface area contributed by atoms with Gasteiger partial charge >= 0.3 is 5.97 Å². The maximum Gasteiger partial charge on any atom is 0.340 e. The molecule has 1 heterocycles. The van der Waals surface area contributed by atoms with Crippen molar-refractivity contribution in [2.75, 3.05) is 5.32 Å². The van der Waals surface area contributed by atoms with Crippen LogP contribution in [0.4, 0.5) is 5.69 Å². The van der Waals surface area contributed by atoms with Gasteiger partial charge in [0.25, 0.3) is 5.91 Å². The van der Waals surface area contributed by atoms with Gasteiger partial charge in [0.1, 0.15) is 11.9 Å². The smallest absolute Gasteiger partial charge is 0.340 e. The maximum absolute atomic E-state index is 14.6. The fraction of sp³-hybridized carbons (Fsp3) is 0.390. The van der Waals surface area contributed by atoms with E-state index in [1.54, 1.807) is 47.1 Å². The number of para-hydroxylation sites is 2. The number of unbranched alkanes of at least 4 members (excludes halogenated alkanes) is 8. The Kier molecular flexibility index (Phi) is 14.9. The van der Waals surface area contributed by atoms with Crippen LogP contribution >= 0.6 is 23.4 Å². The van der Waals surface area contributed by atoms with E-state index in [1.807, 2.05) is 49.4 Å². The number of ether oxygens (including phenoxy) is 1.